The van der Waals surface area contributed by atoms with Crippen LogP contribution in [0, 0.1) is 6.92 Å². The molecule has 0 radical (unpaired) electrons. The van der Waals surface area contributed by atoms with Gasteiger partial charge in [0, 0.05) is 18.7 Å². The van der Waals surface area contributed by atoms with E-state index in [-0.39, 0.29) is 21.2 Å². The standard InChI is InChI=1S/C19H19ClN4O4S/c1-12-10-18(24(2)22-12)21-19(25)13-8-9-14(20)17(11-13)29(26,27)23-15-6-4-5-7-16(15)28-3/h4-11,23H,1-3H3,(H,21,25). The normalized spacial score (nSPS) is 11.2. The lowest BCUT2D eigenvalue weighted by atomic mass is 10.2. The minimum atomic E-state index is -4.07. The lowest BCUT2D eigenvalue weighted by molar-refractivity contribution is 0.102. The fraction of sp³-hybridized carbons (Fsp3) is 0.158. The molecule has 3 rings (SSSR count). The lowest BCUT2D eigenvalue weighted by Gasteiger charge is -2.13. The first kappa shape index (κ1) is 20.7. The number of aryl methyl sites for hydroxylation is 2. The smallest absolute Gasteiger partial charge is 0.263 e. The van der Waals surface area contributed by atoms with Gasteiger partial charge in [0.1, 0.15) is 16.5 Å². The molecule has 2 aromatic carbocycles. The summed E-state index contributed by atoms with van der Waals surface area (Å²) in [7, 11) is -0.941. The topological polar surface area (TPSA) is 102 Å². The quantitative estimate of drug-likeness (QED) is 0.618. The number of nitrogens with one attached hydrogen (secondary N) is 2. The Morgan fingerprint density at radius 1 is 1.17 bits per heavy atom. The van der Waals surface area contributed by atoms with Crippen molar-refractivity contribution >= 4 is 39.0 Å². The van der Waals surface area contributed by atoms with Gasteiger partial charge >= 0.3 is 0 Å². The van der Waals surface area contributed by atoms with E-state index in [2.05, 4.69) is 15.1 Å². The Balaban J connectivity index is 1.91. The SMILES string of the molecule is COc1ccccc1NS(=O)(=O)c1cc(C(=O)Nc2cc(C)nn2C)ccc1Cl. The van der Waals surface area contributed by atoms with Crippen LogP contribution in [-0.4, -0.2) is 31.2 Å². The number of hydrogen-bond donors (Lipinski definition) is 2. The van der Waals surface area contributed by atoms with E-state index in [0.717, 1.165) is 5.69 Å². The maximum atomic E-state index is 12.9. The largest absolute Gasteiger partial charge is 0.495 e. The van der Waals surface area contributed by atoms with Crippen LogP contribution in [-0.2, 0) is 17.1 Å². The molecule has 29 heavy (non-hydrogen) atoms. The molecule has 10 heteroatoms. The van der Waals surface area contributed by atoms with Gasteiger partial charge in [-0.1, -0.05) is 23.7 Å². The minimum absolute atomic E-state index is 0.0136. The zero-order valence-electron chi connectivity index (χ0n) is 15.9. The van der Waals surface area contributed by atoms with Crippen molar-refractivity contribution in [2.24, 2.45) is 7.05 Å². The predicted molar refractivity (Wildman–Crippen MR) is 111 cm³/mol. The Morgan fingerprint density at radius 2 is 1.90 bits per heavy atom. The molecule has 0 aliphatic carbocycles. The van der Waals surface area contributed by atoms with Gasteiger partial charge in [-0.15, -0.1) is 0 Å². The third-order valence-corrected chi connectivity index (χ3v) is 5.92. The average molecular weight is 435 g/mol. The Hall–Kier alpha value is -3.04. The van der Waals surface area contributed by atoms with E-state index < -0.39 is 15.9 Å². The summed E-state index contributed by atoms with van der Waals surface area (Å²) in [5.41, 5.74) is 1.13. The van der Waals surface area contributed by atoms with Crippen molar-refractivity contribution in [1.82, 2.24) is 9.78 Å². The van der Waals surface area contributed by atoms with Crippen molar-refractivity contribution < 1.29 is 17.9 Å². The van der Waals surface area contributed by atoms with E-state index >= 15 is 0 Å². The molecule has 1 aromatic heterocycles. The number of anilines is 2. The third-order valence-electron chi connectivity index (χ3n) is 4.08. The second-order valence-electron chi connectivity index (χ2n) is 6.20. The number of ether oxygens (including phenoxy) is 1. The van der Waals surface area contributed by atoms with Gasteiger partial charge in [0.15, 0.2) is 0 Å². The number of hydrogen-bond acceptors (Lipinski definition) is 5. The third kappa shape index (κ3) is 4.52. The molecule has 1 heterocycles. The number of carbonyl (C=O) groups is 1. The second kappa shape index (κ2) is 8.14. The van der Waals surface area contributed by atoms with E-state index in [4.69, 9.17) is 16.3 Å². The van der Waals surface area contributed by atoms with Gasteiger partial charge < -0.3 is 10.1 Å². The number of methoxy groups -OCH3 is 1. The number of carbonyl (C=O) groups excluding carboxylic acids is 1. The molecule has 0 fully saturated rings. The molecular formula is C19H19ClN4O4S. The molecule has 2 N–H and O–H groups in total. The molecule has 0 bridgehead atoms. The fourth-order valence-electron chi connectivity index (χ4n) is 2.70. The maximum absolute atomic E-state index is 12.9. The maximum Gasteiger partial charge on any atom is 0.263 e. The Bertz CT molecular complexity index is 1170. The van der Waals surface area contributed by atoms with E-state index in [0.29, 0.717) is 11.6 Å². The lowest BCUT2D eigenvalue weighted by Crippen LogP contribution is -2.17. The van der Waals surface area contributed by atoms with Crippen LogP contribution in [0.5, 0.6) is 5.75 Å². The molecule has 0 spiro atoms. The number of amides is 1. The van der Waals surface area contributed by atoms with Crippen LogP contribution in [0.4, 0.5) is 11.5 Å². The number of sulfonamides is 1. The molecule has 0 unspecified atom stereocenters. The molecule has 1 amide bonds. The number of para-hydroxylation sites is 2. The molecule has 0 saturated heterocycles. The van der Waals surface area contributed by atoms with Crippen molar-refractivity contribution in [2.45, 2.75) is 11.8 Å². The molecule has 0 aliphatic rings. The van der Waals surface area contributed by atoms with Gasteiger partial charge in [-0.05, 0) is 37.3 Å². The molecule has 8 nitrogen and oxygen atoms in total. The number of nitrogens with zero attached hydrogens (tertiary/aromatic N) is 2. The van der Waals surface area contributed by atoms with Crippen molar-refractivity contribution in [3.05, 3.63) is 64.8 Å². The first-order valence-corrected chi connectivity index (χ1v) is 10.3. The van der Waals surface area contributed by atoms with Crippen LogP contribution in [0.2, 0.25) is 5.02 Å². The molecule has 0 atom stereocenters. The Labute approximate surface area is 173 Å². The van der Waals surface area contributed by atoms with Crippen LogP contribution in [0.15, 0.2) is 53.4 Å². The van der Waals surface area contributed by atoms with Gasteiger partial charge in [0.25, 0.3) is 15.9 Å². The second-order valence-corrected chi connectivity index (χ2v) is 8.26. The summed E-state index contributed by atoms with van der Waals surface area (Å²) in [6.07, 6.45) is 0. The van der Waals surface area contributed by atoms with Crippen molar-refractivity contribution in [3.8, 4) is 5.75 Å². The van der Waals surface area contributed by atoms with Crippen LogP contribution in [0.25, 0.3) is 0 Å². The number of benzene rings is 2. The van der Waals surface area contributed by atoms with Gasteiger partial charge in [-0.2, -0.15) is 5.10 Å². The summed E-state index contributed by atoms with van der Waals surface area (Å²) in [5, 5.41) is 6.84. The molecule has 0 saturated carbocycles. The van der Waals surface area contributed by atoms with Crippen molar-refractivity contribution in [2.75, 3.05) is 17.1 Å². The molecule has 152 valence electrons. The summed E-state index contributed by atoms with van der Waals surface area (Å²) in [5.74, 6) is 0.352. The van der Waals surface area contributed by atoms with Crippen molar-refractivity contribution in [1.29, 1.82) is 0 Å². The van der Waals surface area contributed by atoms with Gasteiger partial charge in [-0.3, -0.25) is 14.2 Å². The summed E-state index contributed by atoms with van der Waals surface area (Å²) < 4.78 is 34.9. The number of rotatable bonds is 6. The van der Waals surface area contributed by atoms with Crippen LogP contribution in [0.1, 0.15) is 16.1 Å². The highest BCUT2D eigenvalue weighted by Gasteiger charge is 2.22. The first-order chi connectivity index (χ1) is 13.7. The number of aromatic nitrogens is 2. The highest BCUT2D eigenvalue weighted by atomic mass is 35.5. The van der Waals surface area contributed by atoms with Crippen molar-refractivity contribution in [3.63, 3.8) is 0 Å². The summed E-state index contributed by atoms with van der Waals surface area (Å²) in [6.45, 7) is 1.80. The minimum Gasteiger partial charge on any atom is -0.495 e. The first-order valence-electron chi connectivity index (χ1n) is 8.48. The molecular weight excluding hydrogens is 416 g/mol. The number of halogens is 1. The fourth-order valence-corrected chi connectivity index (χ4v) is 4.29. The molecule has 0 aliphatic heterocycles. The van der Waals surface area contributed by atoms with E-state index in [1.807, 2.05) is 0 Å². The molecule has 3 aromatic rings. The highest BCUT2D eigenvalue weighted by Crippen LogP contribution is 2.29. The summed E-state index contributed by atoms with van der Waals surface area (Å²) >= 11 is 6.12. The Kier molecular flexibility index (Phi) is 5.81. The van der Waals surface area contributed by atoms with E-state index in [9.17, 15) is 13.2 Å². The van der Waals surface area contributed by atoms with Crippen LogP contribution < -0.4 is 14.8 Å². The Morgan fingerprint density at radius 3 is 2.55 bits per heavy atom. The predicted octanol–water partition coefficient (Wildman–Crippen LogP) is 3.44. The van der Waals surface area contributed by atoms with Gasteiger partial charge in [-0.25, -0.2) is 8.42 Å². The average Bonchev–Trinajstić information content (AvgIpc) is 2.98. The van der Waals surface area contributed by atoms with Crippen LogP contribution >= 0.6 is 11.6 Å². The zero-order valence-corrected chi connectivity index (χ0v) is 17.5. The van der Waals surface area contributed by atoms with Crippen LogP contribution in [0.3, 0.4) is 0 Å². The summed E-state index contributed by atoms with van der Waals surface area (Å²) in [4.78, 5) is 12.4. The summed E-state index contributed by atoms with van der Waals surface area (Å²) in [6, 6.07) is 12.3. The van der Waals surface area contributed by atoms with E-state index in [1.54, 1.807) is 44.3 Å². The monoisotopic (exact) mass is 434 g/mol. The van der Waals surface area contributed by atoms with Gasteiger partial charge in [0.2, 0.25) is 0 Å². The zero-order chi connectivity index (χ0) is 21.2. The van der Waals surface area contributed by atoms with Gasteiger partial charge in [0.05, 0.1) is 23.5 Å². The highest BCUT2D eigenvalue weighted by molar-refractivity contribution is 7.92. The van der Waals surface area contributed by atoms with E-state index in [1.165, 1.54) is 30.0 Å².